The van der Waals surface area contributed by atoms with E-state index in [0.29, 0.717) is 32.7 Å². The summed E-state index contributed by atoms with van der Waals surface area (Å²) in [4.78, 5) is 19.3. The fraction of sp³-hybridized carbons (Fsp3) is 0.143. The third-order valence-corrected chi connectivity index (χ3v) is 5.90. The molecule has 0 saturated heterocycles. The van der Waals surface area contributed by atoms with Crippen molar-refractivity contribution in [3.05, 3.63) is 77.0 Å². The molecule has 2 heterocycles. The molecule has 0 N–H and O–H groups in total. The molecule has 0 aliphatic rings. The Morgan fingerprint density at radius 2 is 2.03 bits per heavy atom. The molecule has 148 valence electrons. The normalized spacial score (nSPS) is 11.0. The second-order valence-corrected chi connectivity index (χ2v) is 7.67. The molecule has 0 spiro atoms. The number of carbonyl (C=O) groups is 1. The number of rotatable bonds is 6. The molecule has 8 heteroatoms. The number of ether oxygens (including phenoxy) is 1. The number of amides is 1. The van der Waals surface area contributed by atoms with Gasteiger partial charge in [0, 0.05) is 0 Å². The molecule has 0 aliphatic carbocycles. The van der Waals surface area contributed by atoms with Gasteiger partial charge in [-0.05, 0) is 42.0 Å². The molecule has 4 rings (SSSR count). The summed E-state index contributed by atoms with van der Waals surface area (Å²) >= 11 is 7.63. The van der Waals surface area contributed by atoms with E-state index in [0.717, 1.165) is 4.70 Å². The SMILES string of the molecule is COc1ccc(Cl)c2sc(N(Cc3ccco3)C(=O)Cc3ccc(F)cc3)nc12. The quantitative estimate of drug-likeness (QED) is 0.407. The van der Waals surface area contributed by atoms with Crippen LogP contribution in [-0.2, 0) is 17.8 Å². The minimum absolute atomic E-state index is 0.0990. The smallest absolute Gasteiger partial charge is 0.233 e. The van der Waals surface area contributed by atoms with Crippen LogP contribution in [0.5, 0.6) is 5.75 Å². The Balaban J connectivity index is 1.72. The molecule has 29 heavy (non-hydrogen) atoms. The molecule has 0 aliphatic heterocycles. The van der Waals surface area contributed by atoms with Gasteiger partial charge >= 0.3 is 0 Å². The fourth-order valence-corrected chi connectivity index (χ4v) is 4.19. The second-order valence-electron chi connectivity index (χ2n) is 6.29. The zero-order valence-electron chi connectivity index (χ0n) is 15.4. The Kier molecular flexibility index (Phi) is 5.51. The van der Waals surface area contributed by atoms with Crippen LogP contribution in [0.15, 0.2) is 59.2 Å². The predicted octanol–water partition coefficient (Wildman–Crippen LogP) is 5.47. The van der Waals surface area contributed by atoms with Crippen molar-refractivity contribution in [1.29, 1.82) is 0 Å². The highest BCUT2D eigenvalue weighted by Crippen LogP contribution is 2.39. The van der Waals surface area contributed by atoms with Gasteiger partial charge in [-0.15, -0.1) is 0 Å². The van der Waals surface area contributed by atoms with Crippen molar-refractivity contribution in [2.24, 2.45) is 0 Å². The average Bonchev–Trinajstić information content (AvgIpc) is 3.38. The van der Waals surface area contributed by atoms with Crippen molar-refractivity contribution in [2.45, 2.75) is 13.0 Å². The molecule has 0 atom stereocenters. The minimum atomic E-state index is -0.346. The van der Waals surface area contributed by atoms with Gasteiger partial charge < -0.3 is 9.15 Å². The van der Waals surface area contributed by atoms with E-state index in [2.05, 4.69) is 4.98 Å². The van der Waals surface area contributed by atoms with Crippen molar-refractivity contribution in [2.75, 3.05) is 12.0 Å². The first-order chi connectivity index (χ1) is 14.0. The van der Waals surface area contributed by atoms with Gasteiger partial charge in [-0.3, -0.25) is 9.69 Å². The monoisotopic (exact) mass is 430 g/mol. The van der Waals surface area contributed by atoms with Crippen molar-refractivity contribution in [3.8, 4) is 5.75 Å². The van der Waals surface area contributed by atoms with Crippen molar-refractivity contribution >= 4 is 44.2 Å². The summed E-state index contributed by atoms with van der Waals surface area (Å²) in [7, 11) is 1.56. The number of anilines is 1. The summed E-state index contributed by atoms with van der Waals surface area (Å²) in [5.74, 6) is 0.661. The van der Waals surface area contributed by atoms with Gasteiger partial charge in [-0.2, -0.15) is 0 Å². The van der Waals surface area contributed by atoms with Crippen LogP contribution in [0.2, 0.25) is 5.02 Å². The molecule has 4 aromatic rings. The van der Waals surface area contributed by atoms with E-state index >= 15 is 0 Å². The number of thiazole rings is 1. The minimum Gasteiger partial charge on any atom is -0.494 e. The Morgan fingerprint density at radius 3 is 2.72 bits per heavy atom. The van der Waals surface area contributed by atoms with Crippen LogP contribution in [0.1, 0.15) is 11.3 Å². The van der Waals surface area contributed by atoms with Gasteiger partial charge in [0.25, 0.3) is 0 Å². The van der Waals surface area contributed by atoms with Gasteiger partial charge in [-0.25, -0.2) is 9.37 Å². The average molecular weight is 431 g/mol. The maximum absolute atomic E-state index is 13.2. The van der Waals surface area contributed by atoms with E-state index in [1.54, 1.807) is 54.7 Å². The largest absolute Gasteiger partial charge is 0.494 e. The summed E-state index contributed by atoms with van der Waals surface area (Å²) in [5.41, 5.74) is 1.30. The van der Waals surface area contributed by atoms with Gasteiger partial charge in [0.1, 0.15) is 22.8 Å². The Hall–Kier alpha value is -2.90. The second kappa shape index (κ2) is 8.23. The van der Waals surface area contributed by atoms with Crippen LogP contribution in [0, 0.1) is 5.82 Å². The third kappa shape index (κ3) is 4.11. The molecule has 0 unspecified atom stereocenters. The van der Waals surface area contributed by atoms with Crippen LogP contribution in [0.4, 0.5) is 9.52 Å². The van der Waals surface area contributed by atoms with Gasteiger partial charge in [-0.1, -0.05) is 35.1 Å². The van der Waals surface area contributed by atoms with E-state index in [9.17, 15) is 9.18 Å². The lowest BCUT2D eigenvalue weighted by atomic mass is 10.1. The summed E-state index contributed by atoms with van der Waals surface area (Å²) in [6.45, 7) is 0.215. The predicted molar refractivity (Wildman–Crippen MR) is 111 cm³/mol. The van der Waals surface area contributed by atoms with Crippen molar-refractivity contribution in [3.63, 3.8) is 0 Å². The number of hydrogen-bond acceptors (Lipinski definition) is 5. The van der Waals surface area contributed by atoms with Crippen molar-refractivity contribution in [1.82, 2.24) is 4.98 Å². The van der Waals surface area contributed by atoms with Crippen LogP contribution in [-0.4, -0.2) is 18.0 Å². The number of methoxy groups -OCH3 is 1. The number of nitrogens with zero attached hydrogens (tertiary/aromatic N) is 2. The van der Waals surface area contributed by atoms with Crippen LogP contribution < -0.4 is 9.64 Å². The van der Waals surface area contributed by atoms with E-state index in [1.807, 2.05) is 0 Å². The van der Waals surface area contributed by atoms with Crippen LogP contribution >= 0.6 is 22.9 Å². The molecule has 2 aromatic carbocycles. The first kappa shape index (κ1) is 19.4. The highest BCUT2D eigenvalue weighted by Gasteiger charge is 2.23. The molecule has 0 radical (unpaired) electrons. The van der Waals surface area contributed by atoms with E-state index < -0.39 is 0 Å². The van der Waals surface area contributed by atoms with E-state index in [1.165, 1.54) is 23.5 Å². The number of fused-ring (bicyclic) bond motifs is 1. The number of furan rings is 1. The number of benzene rings is 2. The Morgan fingerprint density at radius 1 is 1.24 bits per heavy atom. The van der Waals surface area contributed by atoms with Crippen molar-refractivity contribution < 1.29 is 18.3 Å². The summed E-state index contributed by atoms with van der Waals surface area (Å²) in [6.07, 6.45) is 1.65. The molecular formula is C21H16ClFN2O3S. The fourth-order valence-electron chi connectivity index (χ4n) is 2.91. The maximum atomic E-state index is 13.2. The first-order valence-corrected chi connectivity index (χ1v) is 9.95. The molecule has 0 fully saturated rings. The zero-order chi connectivity index (χ0) is 20.4. The molecule has 5 nitrogen and oxygen atoms in total. The third-order valence-electron chi connectivity index (χ3n) is 4.36. The number of hydrogen-bond donors (Lipinski definition) is 0. The van der Waals surface area contributed by atoms with Crippen LogP contribution in [0.25, 0.3) is 10.2 Å². The Labute approximate surface area is 175 Å². The summed E-state index contributed by atoms with van der Waals surface area (Å²) in [6, 6.07) is 12.9. The van der Waals surface area contributed by atoms with E-state index in [4.69, 9.17) is 20.8 Å². The number of halogens is 2. The summed E-state index contributed by atoms with van der Waals surface area (Å²) in [5, 5.41) is 1.02. The molecular weight excluding hydrogens is 415 g/mol. The topological polar surface area (TPSA) is 55.6 Å². The number of carbonyl (C=O) groups excluding carboxylic acids is 1. The molecule has 0 bridgehead atoms. The molecule has 0 saturated carbocycles. The lowest BCUT2D eigenvalue weighted by molar-refractivity contribution is -0.118. The van der Waals surface area contributed by atoms with Gasteiger partial charge in [0.2, 0.25) is 5.91 Å². The lowest BCUT2D eigenvalue weighted by Crippen LogP contribution is -2.31. The summed E-state index contributed by atoms with van der Waals surface area (Å²) < 4.78 is 24.7. The maximum Gasteiger partial charge on any atom is 0.233 e. The van der Waals surface area contributed by atoms with Gasteiger partial charge in [0.05, 0.1) is 36.1 Å². The van der Waals surface area contributed by atoms with Crippen LogP contribution in [0.3, 0.4) is 0 Å². The molecule has 1 amide bonds. The van der Waals surface area contributed by atoms with Gasteiger partial charge in [0.15, 0.2) is 5.13 Å². The highest BCUT2D eigenvalue weighted by atomic mass is 35.5. The molecule has 2 aromatic heterocycles. The highest BCUT2D eigenvalue weighted by molar-refractivity contribution is 7.23. The lowest BCUT2D eigenvalue weighted by Gasteiger charge is -2.18. The van der Waals surface area contributed by atoms with E-state index in [-0.39, 0.29) is 24.7 Å². The standard InChI is InChI=1S/C21H16ClFN2O3S/c1-27-17-9-8-16(22)20-19(17)24-21(29-20)25(12-15-3-2-10-28-15)18(26)11-13-4-6-14(23)7-5-13/h2-10H,11-12H2,1H3. The first-order valence-electron chi connectivity index (χ1n) is 8.75. The Bertz CT molecular complexity index is 1140. The number of aromatic nitrogens is 1. The zero-order valence-corrected chi connectivity index (χ0v) is 17.0.